The van der Waals surface area contributed by atoms with Gasteiger partial charge in [0.1, 0.15) is 0 Å². The van der Waals surface area contributed by atoms with Crippen molar-refractivity contribution in [1.29, 1.82) is 0 Å². The number of nitrogens with one attached hydrogen (secondary N) is 2. The van der Waals surface area contributed by atoms with Gasteiger partial charge in [0, 0.05) is 22.8 Å². The Hall–Kier alpha value is -2.67. The van der Waals surface area contributed by atoms with E-state index in [0.717, 1.165) is 10.4 Å². The fraction of sp³-hybridized carbons (Fsp3) is 0.133. The van der Waals surface area contributed by atoms with E-state index in [2.05, 4.69) is 20.6 Å². The normalized spacial score (nSPS) is 10.4. The van der Waals surface area contributed by atoms with E-state index in [4.69, 9.17) is 4.42 Å². The van der Waals surface area contributed by atoms with Gasteiger partial charge in [0.25, 0.3) is 0 Å². The van der Waals surface area contributed by atoms with Crippen molar-refractivity contribution in [3.8, 4) is 11.3 Å². The molecule has 0 aliphatic rings. The Labute approximate surface area is 131 Å². The lowest BCUT2D eigenvalue weighted by Gasteiger charge is -2.08. The van der Waals surface area contributed by atoms with Crippen LogP contribution in [0.1, 0.15) is 10.6 Å². The van der Waals surface area contributed by atoms with Gasteiger partial charge in [-0.3, -0.25) is 9.97 Å². The Morgan fingerprint density at radius 2 is 2.05 bits per heavy atom. The average Bonchev–Trinajstić information content (AvgIpc) is 3.24. The summed E-state index contributed by atoms with van der Waals surface area (Å²) in [5, 5.41) is 7.57. The molecule has 0 radical (unpaired) electrons. The maximum absolute atomic E-state index is 11.8. The van der Waals surface area contributed by atoms with Crippen LogP contribution in [0.2, 0.25) is 0 Å². The van der Waals surface area contributed by atoms with Gasteiger partial charge >= 0.3 is 6.03 Å². The molecular weight excluding hydrogens is 300 g/mol. The molecule has 6 nitrogen and oxygen atoms in total. The number of aromatic nitrogens is 2. The Morgan fingerprint density at radius 1 is 1.18 bits per heavy atom. The van der Waals surface area contributed by atoms with E-state index >= 15 is 0 Å². The third-order valence-electron chi connectivity index (χ3n) is 2.99. The molecule has 22 heavy (non-hydrogen) atoms. The third kappa shape index (κ3) is 3.50. The molecule has 2 N–H and O–H groups in total. The van der Waals surface area contributed by atoms with Gasteiger partial charge in [-0.15, -0.1) is 11.3 Å². The lowest BCUT2D eigenvalue weighted by Crippen LogP contribution is -2.34. The number of nitrogens with zero attached hydrogens (tertiary/aromatic N) is 2. The van der Waals surface area contributed by atoms with Gasteiger partial charge in [0.05, 0.1) is 37.0 Å². The average molecular weight is 314 g/mol. The first-order valence-corrected chi connectivity index (χ1v) is 7.57. The molecule has 3 aromatic heterocycles. The molecule has 0 aliphatic carbocycles. The molecule has 0 saturated carbocycles. The summed E-state index contributed by atoms with van der Waals surface area (Å²) in [7, 11) is 0. The van der Waals surface area contributed by atoms with Crippen molar-refractivity contribution >= 4 is 17.4 Å². The predicted molar refractivity (Wildman–Crippen MR) is 83.1 cm³/mol. The van der Waals surface area contributed by atoms with E-state index in [1.807, 2.05) is 23.6 Å². The molecule has 0 saturated heterocycles. The zero-order valence-electron chi connectivity index (χ0n) is 11.7. The van der Waals surface area contributed by atoms with E-state index < -0.39 is 0 Å². The SMILES string of the molecule is O=C(NCc1cccs1)NCc1nccnc1-c1ccoc1. The maximum atomic E-state index is 11.8. The largest absolute Gasteiger partial charge is 0.472 e. The van der Waals surface area contributed by atoms with Gasteiger partial charge in [-0.1, -0.05) is 6.07 Å². The van der Waals surface area contributed by atoms with Crippen LogP contribution in [0.15, 0.2) is 52.9 Å². The molecule has 7 heteroatoms. The highest BCUT2D eigenvalue weighted by Gasteiger charge is 2.10. The van der Waals surface area contributed by atoms with Crippen LogP contribution >= 0.6 is 11.3 Å². The predicted octanol–water partition coefficient (Wildman–Crippen LogP) is 2.80. The summed E-state index contributed by atoms with van der Waals surface area (Å²) in [4.78, 5) is 21.5. The van der Waals surface area contributed by atoms with Crippen LogP contribution in [-0.4, -0.2) is 16.0 Å². The molecule has 0 spiro atoms. The molecule has 0 aromatic carbocycles. The maximum Gasteiger partial charge on any atom is 0.315 e. The van der Waals surface area contributed by atoms with Gasteiger partial charge in [-0.25, -0.2) is 4.79 Å². The molecule has 0 fully saturated rings. The number of rotatable bonds is 5. The summed E-state index contributed by atoms with van der Waals surface area (Å²) >= 11 is 1.60. The number of furan rings is 1. The van der Waals surface area contributed by atoms with Gasteiger partial charge < -0.3 is 15.1 Å². The summed E-state index contributed by atoms with van der Waals surface area (Å²) in [5.74, 6) is 0. The molecule has 0 aliphatic heterocycles. The number of hydrogen-bond acceptors (Lipinski definition) is 5. The number of carbonyl (C=O) groups is 1. The van der Waals surface area contributed by atoms with Crippen molar-refractivity contribution in [2.24, 2.45) is 0 Å². The van der Waals surface area contributed by atoms with Crippen molar-refractivity contribution < 1.29 is 9.21 Å². The second kappa shape index (κ2) is 6.86. The first-order valence-electron chi connectivity index (χ1n) is 6.69. The van der Waals surface area contributed by atoms with E-state index in [1.165, 1.54) is 0 Å². The fourth-order valence-electron chi connectivity index (χ4n) is 1.94. The Bertz CT molecular complexity index is 726. The zero-order chi connectivity index (χ0) is 15.2. The lowest BCUT2D eigenvalue weighted by atomic mass is 10.2. The van der Waals surface area contributed by atoms with Crippen LogP contribution in [0, 0.1) is 0 Å². The van der Waals surface area contributed by atoms with Crippen LogP contribution in [0.3, 0.4) is 0 Å². The number of hydrogen-bond donors (Lipinski definition) is 2. The van der Waals surface area contributed by atoms with Gasteiger partial charge in [0.2, 0.25) is 0 Å². The summed E-state index contributed by atoms with van der Waals surface area (Å²) in [5.41, 5.74) is 2.23. The molecule has 0 atom stereocenters. The first-order chi connectivity index (χ1) is 10.8. The van der Waals surface area contributed by atoms with Crippen molar-refractivity contribution in [2.45, 2.75) is 13.1 Å². The second-order valence-corrected chi connectivity index (χ2v) is 5.51. The zero-order valence-corrected chi connectivity index (χ0v) is 12.5. The lowest BCUT2D eigenvalue weighted by molar-refractivity contribution is 0.240. The quantitative estimate of drug-likeness (QED) is 0.759. The minimum atomic E-state index is -0.239. The molecule has 3 heterocycles. The number of carbonyl (C=O) groups excluding carboxylic acids is 1. The second-order valence-electron chi connectivity index (χ2n) is 4.48. The van der Waals surface area contributed by atoms with Crippen LogP contribution in [-0.2, 0) is 13.1 Å². The van der Waals surface area contributed by atoms with Crippen molar-refractivity contribution in [2.75, 3.05) is 0 Å². The number of thiophene rings is 1. The van der Waals surface area contributed by atoms with Crippen LogP contribution in [0.25, 0.3) is 11.3 Å². The van der Waals surface area contributed by atoms with Crippen molar-refractivity contribution in [3.63, 3.8) is 0 Å². The van der Waals surface area contributed by atoms with Crippen LogP contribution in [0.4, 0.5) is 4.79 Å². The Balaban J connectivity index is 1.58. The van der Waals surface area contributed by atoms with E-state index in [-0.39, 0.29) is 6.03 Å². The summed E-state index contributed by atoms with van der Waals surface area (Å²) in [6.45, 7) is 0.809. The van der Waals surface area contributed by atoms with Gasteiger partial charge in [-0.05, 0) is 17.5 Å². The Morgan fingerprint density at radius 3 is 2.82 bits per heavy atom. The van der Waals surface area contributed by atoms with E-state index in [0.29, 0.717) is 24.5 Å². The highest BCUT2D eigenvalue weighted by atomic mass is 32.1. The van der Waals surface area contributed by atoms with Crippen molar-refractivity contribution in [1.82, 2.24) is 20.6 Å². The fourth-order valence-corrected chi connectivity index (χ4v) is 2.59. The van der Waals surface area contributed by atoms with Crippen LogP contribution in [0.5, 0.6) is 0 Å². The summed E-state index contributed by atoms with van der Waals surface area (Å²) < 4.78 is 5.06. The third-order valence-corrected chi connectivity index (χ3v) is 3.86. The van der Waals surface area contributed by atoms with Crippen LogP contribution < -0.4 is 10.6 Å². The molecule has 2 amide bonds. The van der Waals surface area contributed by atoms with Gasteiger partial charge in [-0.2, -0.15) is 0 Å². The molecule has 112 valence electrons. The molecular formula is C15H14N4O2S. The summed E-state index contributed by atoms with van der Waals surface area (Å²) in [6.07, 6.45) is 6.40. The molecule has 3 rings (SSSR count). The molecule has 3 aromatic rings. The number of urea groups is 1. The smallest absolute Gasteiger partial charge is 0.315 e. The highest BCUT2D eigenvalue weighted by molar-refractivity contribution is 7.09. The summed E-state index contributed by atoms with van der Waals surface area (Å²) in [6, 6.07) is 5.50. The number of amides is 2. The first kappa shape index (κ1) is 14.3. The topological polar surface area (TPSA) is 80.0 Å². The minimum Gasteiger partial charge on any atom is -0.472 e. The standard InChI is InChI=1S/C15H14N4O2S/c20-15(18-8-12-2-1-7-22-12)19-9-13-14(17-5-4-16-13)11-3-6-21-10-11/h1-7,10H,8-9H2,(H2,18,19,20). The molecule has 0 bridgehead atoms. The minimum absolute atomic E-state index is 0.239. The van der Waals surface area contributed by atoms with Crippen molar-refractivity contribution in [3.05, 3.63) is 59.1 Å². The Kier molecular flexibility index (Phi) is 4.45. The van der Waals surface area contributed by atoms with E-state index in [1.54, 1.807) is 36.3 Å². The highest BCUT2D eigenvalue weighted by Crippen LogP contribution is 2.19. The van der Waals surface area contributed by atoms with Gasteiger partial charge in [0.15, 0.2) is 0 Å². The van der Waals surface area contributed by atoms with E-state index in [9.17, 15) is 4.79 Å². The molecule has 0 unspecified atom stereocenters. The monoisotopic (exact) mass is 314 g/mol.